The van der Waals surface area contributed by atoms with Gasteiger partial charge in [0, 0.05) is 44.7 Å². The van der Waals surface area contributed by atoms with E-state index in [2.05, 4.69) is 20.5 Å². The van der Waals surface area contributed by atoms with Gasteiger partial charge in [-0.2, -0.15) is 0 Å². The molecular weight excluding hydrogens is 306 g/mol. The van der Waals surface area contributed by atoms with E-state index in [0.717, 1.165) is 11.3 Å². The third-order valence-electron chi connectivity index (χ3n) is 3.42. The number of benzene rings is 1. The molecule has 1 aromatic carbocycles. The maximum Gasteiger partial charge on any atom is 0.259 e. The van der Waals surface area contributed by atoms with Gasteiger partial charge in [-0.05, 0) is 24.3 Å². The van der Waals surface area contributed by atoms with E-state index in [-0.39, 0.29) is 5.91 Å². The van der Waals surface area contributed by atoms with Crippen LogP contribution in [0.25, 0.3) is 11.5 Å². The quantitative estimate of drug-likeness (QED) is 0.795. The van der Waals surface area contributed by atoms with Gasteiger partial charge in [0.1, 0.15) is 0 Å². The fourth-order valence-electron chi connectivity index (χ4n) is 2.29. The standard InChI is InChI=1S/C17H17N5O2/c1-11-20-21-17(24-11)12-5-4-6-13(9-12)19-16(23)14-10-18-8-7-15(14)22(2)3/h4-10H,1-3H3,(H,19,23). The van der Waals surface area contributed by atoms with E-state index in [4.69, 9.17) is 4.42 Å². The lowest BCUT2D eigenvalue weighted by Crippen LogP contribution is -2.18. The summed E-state index contributed by atoms with van der Waals surface area (Å²) in [7, 11) is 3.76. The zero-order valence-corrected chi connectivity index (χ0v) is 13.6. The molecule has 0 radical (unpaired) electrons. The third kappa shape index (κ3) is 3.24. The Balaban J connectivity index is 1.85. The molecule has 0 unspecified atom stereocenters. The van der Waals surface area contributed by atoms with Crippen molar-refractivity contribution in [2.75, 3.05) is 24.3 Å². The molecule has 2 aromatic heterocycles. The summed E-state index contributed by atoms with van der Waals surface area (Å²) in [5, 5.41) is 10.7. The normalized spacial score (nSPS) is 10.5. The van der Waals surface area contributed by atoms with E-state index in [9.17, 15) is 4.79 Å². The van der Waals surface area contributed by atoms with Crippen molar-refractivity contribution in [3.05, 3.63) is 54.2 Å². The summed E-state index contributed by atoms with van der Waals surface area (Å²) < 4.78 is 5.41. The van der Waals surface area contributed by atoms with Crippen LogP contribution >= 0.6 is 0 Å². The number of aryl methyl sites for hydroxylation is 1. The second-order valence-electron chi connectivity index (χ2n) is 5.45. The van der Waals surface area contributed by atoms with Crippen LogP contribution in [0.15, 0.2) is 47.1 Å². The van der Waals surface area contributed by atoms with Crippen molar-refractivity contribution < 1.29 is 9.21 Å². The van der Waals surface area contributed by atoms with Gasteiger partial charge in [-0.1, -0.05) is 6.07 Å². The number of rotatable bonds is 4. The molecule has 2 heterocycles. The van der Waals surface area contributed by atoms with Gasteiger partial charge in [0.05, 0.1) is 11.3 Å². The number of pyridine rings is 1. The van der Waals surface area contributed by atoms with Gasteiger partial charge in [0.15, 0.2) is 0 Å². The van der Waals surface area contributed by atoms with Crippen molar-refractivity contribution >= 4 is 17.3 Å². The highest BCUT2D eigenvalue weighted by Crippen LogP contribution is 2.23. The first-order chi connectivity index (χ1) is 11.5. The SMILES string of the molecule is Cc1nnc(-c2cccc(NC(=O)c3cnccc3N(C)C)c2)o1. The van der Waals surface area contributed by atoms with Crippen LogP contribution in [-0.2, 0) is 0 Å². The molecule has 1 amide bonds. The van der Waals surface area contributed by atoms with Gasteiger partial charge in [0.2, 0.25) is 11.8 Å². The number of hydrogen-bond donors (Lipinski definition) is 1. The van der Waals surface area contributed by atoms with Crippen molar-refractivity contribution in [2.24, 2.45) is 0 Å². The molecule has 0 aliphatic heterocycles. The Morgan fingerprint density at radius 1 is 1.21 bits per heavy atom. The largest absolute Gasteiger partial charge is 0.421 e. The minimum atomic E-state index is -0.231. The van der Waals surface area contributed by atoms with Crippen LogP contribution in [0.5, 0.6) is 0 Å². The first-order valence-electron chi connectivity index (χ1n) is 7.38. The molecule has 0 fully saturated rings. The minimum absolute atomic E-state index is 0.231. The predicted octanol–water partition coefficient (Wildman–Crippen LogP) is 2.76. The van der Waals surface area contributed by atoms with E-state index in [1.165, 1.54) is 0 Å². The van der Waals surface area contributed by atoms with Gasteiger partial charge in [-0.25, -0.2) is 0 Å². The minimum Gasteiger partial charge on any atom is -0.421 e. The van der Waals surface area contributed by atoms with Crippen molar-refractivity contribution in [1.29, 1.82) is 0 Å². The van der Waals surface area contributed by atoms with Gasteiger partial charge < -0.3 is 14.6 Å². The Bertz CT molecular complexity index is 873. The monoisotopic (exact) mass is 323 g/mol. The molecule has 0 atom stereocenters. The summed E-state index contributed by atoms with van der Waals surface area (Å²) in [6, 6.07) is 9.05. The summed E-state index contributed by atoms with van der Waals surface area (Å²) in [5.41, 5.74) is 2.68. The zero-order valence-electron chi connectivity index (χ0n) is 13.6. The number of carbonyl (C=O) groups is 1. The molecule has 24 heavy (non-hydrogen) atoms. The van der Waals surface area contributed by atoms with E-state index >= 15 is 0 Å². The van der Waals surface area contributed by atoms with Crippen LogP contribution in [0.4, 0.5) is 11.4 Å². The highest BCUT2D eigenvalue weighted by molar-refractivity contribution is 6.08. The number of hydrogen-bond acceptors (Lipinski definition) is 6. The van der Waals surface area contributed by atoms with Crippen LogP contribution in [0, 0.1) is 6.92 Å². The number of aromatic nitrogens is 3. The number of amides is 1. The molecule has 7 nitrogen and oxygen atoms in total. The summed E-state index contributed by atoms with van der Waals surface area (Å²) >= 11 is 0. The molecule has 3 rings (SSSR count). The van der Waals surface area contributed by atoms with Gasteiger partial charge >= 0.3 is 0 Å². The maximum absolute atomic E-state index is 12.6. The first-order valence-corrected chi connectivity index (χ1v) is 7.38. The predicted molar refractivity (Wildman–Crippen MR) is 91.0 cm³/mol. The molecular formula is C17H17N5O2. The molecule has 0 bridgehead atoms. The molecule has 0 aliphatic rings. The van der Waals surface area contributed by atoms with E-state index in [0.29, 0.717) is 23.0 Å². The van der Waals surface area contributed by atoms with Crippen molar-refractivity contribution in [3.8, 4) is 11.5 Å². The summed E-state index contributed by atoms with van der Waals surface area (Å²) in [5.74, 6) is 0.676. The average Bonchev–Trinajstić information content (AvgIpc) is 3.01. The Morgan fingerprint density at radius 3 is 2.75 bits per heavy atom. The Labute approximate surface area is 139 Å². The summed E-state index contributed by atoms with van der Waals surface area (Å²) in [6.07, 6.45) is 3.21. The molecule has 3 aromatic rings. The molecule has 7 heteroatoms. The molecule has 0 saturated carbocycles. The lowest BCUT2D eigenvalue weighted by atomic mass is 10.1. The number of anilines is 2. The van der Waals surface area contributed by atoms with Gasteiger partial charge in [-0.15, -0.1) is 10.2 Å². The highest BCUT2D eigenvalue weighted by atomic mass is 16.4. The second kappa shape index (κ2) is 6.49. The van der Waals surface area contributed by atoms with Crippen LogP contribution < -0.4 is 10.2 Å². The molecule has 0 saturated heterocycles. The number of nitrogens with one attached hydrogen (secondary N) is 1. The van der Waals surface area contributed by atoms with Gasteiger partial charge in [0.25, 0.3) is 5.91 Å². The molecule has 0 aliphatic carbocycles. The summed E-state index contributed by atoms with van der Waals surface area (Å²) in [6.45, 7) is 1.73. The topological polar surface area (TPSA) is 84.2 Å². The van der Waals surface area contributed by atoms with E-state index < -0.39 is 0 Å². The fraction of sp³-hybridized carbons (Fsp3) is 0.176. The zero-order chi connectivity index (χ0) is 17.1. The van der Waals surface area contributed by atoms with Crippen LogP contribution in [0.1, 0.15) is 16.2 Å². The lowest BCUT2D eigenvalue weighted by Gasteiger charge is -2.16. The van der Waals surface area contributed by atoms with Crippen molar-refractivity contribution in [1.82, 2.24) is 15.2 Å². The average molecular weight is 323 g/mol. The van der Waals surface area contributed by atoms with Crippen molar-refractivity contribution in [2.45, 2.75) is 6.92 Å². The Morgan fingerprint density at radius 2 is 2.04 bits per heavy atom. The van der Waals surface area contributed by atoms with Crippen LogP contribution in [0.3, 0.4) is 0 Å². The molecule has 0 spiro atoms. The second-order valence-corrected chi connectivity index (χ2v) is 5.45. The molecule has 1 N–H and O–H groups in total. The van der Waals surface area contributed by atoms with Crippen LogP contribution in [0.2, 0.25) is 0 Å². The maximum atomic E-state index is 12.6. The lowest BCUT2D eigenvalue weighted by molar-refractivity contribution is 0.102. The highest BCUT2D eigenvalue weighted by Gasteiger charge is 2.14. The van der Waals surface area contributed by atoms with Gasteiger partial charge in [-0.3, -0.25) is 9.78 Å². The summed E-state index contributed by atoms with van der Waals surface area (Å²) in [4.78, 5) is 18.5. The number of carbonyl (C=O) groups excluding carboxylic acids is 1. The van der Waals surface area contributed by atoms with E-state index in [1.807, 2.05) is 31.1 Å². The smallest absolute Gasteiger partial charge is 0.259 e. The van der Waals surface area contributed by atoms with Crippen LogP contribution in [-0.4, -0.2) is 35.2 Å². The molecule has 122 valence electrons. The number of nitrogens with zero attached hydrogens (tertiary/aromatic N) is 4. The fourth-order valence-corrected chi connectivity index (χ4v) is 2.29. The van der Waals surface area contributed by atoms with Crippen molar-refractivity contribution in [3.63, 3.8) is 0 Å². The Hall–Kier alpha value is -3.22. The van der Waals surface area contributed by atoms with E-state index in [1.54, 1.807) is 37.5 Å². The third-order valence-corrected chi connectivity index (χ3v) is 3.42. The Kier molecular flexibility index (Phi) is 4.24. The first kappa shape index (κ1) is 15.7.